The first-order valence-electron chi connectivity index (χ1n) is 4.86. The summed E-state index contributed by atoms with van der Waals surface area (Å²) in [6, 6.07) is 0. The van der Waals surface area contributed by atoms with Crippen LogP contribution in [-0.4, -0.2) is 41.9 Å². The van der Waals surface area contributed by atoms with Crippen molar-refractivity contribution in [2.24, 2.45) is 0 Å². The number of halogens is 1. The minimum atomic E-state index is 0.636. The number of alkyl halides is 1. The van der Waals surface area contributed by atoms with Crippen molar-refractivity contribution in [3.05, 3.63) is 12.2 Å². The van der Waals surface area contributed by atoms with Gasteiger partial charge in [0.15, 0.2) is 0 Å². The van der Waals surface area contributed by atoms with Gasteiger partial charge in [0, 0.05) is 23.9 Å². The second kappa shape index (κ2) is 10.4. The van der Waals surface area contributed by atoms with E-state index in [1.165, 1.54) is 12.3 Å². The summed E-state index contributed by atoms with van der Waals surface area (Å²) in [4.78, 5) is 2.44. The Bertz CT molecular complexity index is 124. The molecule has 0 aliphatic rings. The van der Waals surface area contributed by atoms with E-state index in [1.54, 1.807) is 0 Å². The van der Waals surface area contributed by atoms with E-state index < -0.39 is 0 Å². The molecule has 3 heteroatoms. The maximum absolute atomic E-state index is 5.51. The maximum Gasteiger partial charge on any atom is 0.0404 e. The van der Waals surface area contributed by atoms with E-state index in [1.807, 2.05) is 17.8 Å². The first-order valence-corrected chi connectivity index (χ1v) is 6.55. The molecule has 0 rings (SSSR count). The second-order valence-corrected chi connectivity index (χ2v) is 4.19. The van der Waals surface area contributed by atoms with Crippen molar-refractivity contribution < 1.29 is 0 Å². The zero-order chi connectivity index (χ0) is 9.94. The van der Waals surface area contributed by atoms with Gasteiger partial charge >= 0.3 is 0 Å². The minimum Gasteiger partial charge on any atom is -0.303 e. The Morgan fingerprint density at radius 1 is 1.23 bits per heavy atom. The largest absolute Gasteiger partial charge is 0.303 e. The monoisotopic (exact) mass is 221 g/mol. The number of thioether (sulfide) groups is 1. The first-order chi connectivity index (χ1) is 6.35. The lowest BCUT2D eigenvalue weighted by atomic mass is 10.5. The smallest absolute Gasteiger partial charge is 0.0404 e. The van der Waals surface area contributed by atoms with E-state index in [4.69, 9.17) is 11.6 Å². The van der Waals surface area contributed by atoms with Gasteiger partial charge in [-0.1, -0.05) is 26.0 Å². The molecule has 0 aliphatic carbocycles. The Kier molecular flexibility index (Phi) is 10.7. The van der Waals surface area contributed by atoms with Gasteiger partial charge in [-0.2, -0.15) is 11.8 Å². The molecule has 78 valence electrons. The normalized spacial score (nSPS) is 11.7. The fraction of sp³-hybridized carbons (Fsp3) is 0.800. The minimum absolute atomic E-state index is 0.636. The number of hydrogen-bond donors (Lipinski definition) is 0. The molecule has 0 aromatic heterocycles. The van der Waals surface area contributed by atoms with Crippen LogP contribution in [0.3, 0.4) is 0 Å². The van der Waals surface area contributed by atoms with Crippen LogP contribution in [0.4, 0.5) is 0 Å². The summed E-state index contributed by atoms with van der Waals surface area (Å²) in [5, 5.41) is 0. The van der Waals surface area contributed by atoms with Crippen LogP contribution in [0.1, 0.15) is 13.8 Å². The van der Waals surface area contributed by atoms with Crippen molar-refractivity contribution in [3.8, 4) is 0 Å². The topological polar surface area (TPSA) is 3.24 Å². The van der Waals surface area contributed by atoms with E-state index in [0.29, 0.717) is 5.88 Å². The summed E-state index contributed by atoms with van der Waals surface area (Å²) < 4.78 is 0. The van der Waals surface area contributed by atoms with Crippen LogP contribution in [0, 0.1) is 0 Å². The standard InChI is InChI=1S/C10H20ClNS/c1-3-12(4-2)8-10-13-9-6-5-7-11/h5-6H,3-4,7-10H2,1-2H3. The van der Waals surface area contributed by atoms with E-state index in [9.17, 15) is 0 Å². The molecule has 13 heavy (non-hydrogen) atoms. The van der Waals surface area contributed by atoms with Crippen molar-refractivity contribution in [1.29, 1.82) is 0 Å². The van der Waals surface area contributed by atoms with Gasteiger partial charge in [0.1, 0.15) is 0 Å². The van der Waals surface area contributed by atoms with Crippen LogP contribution < -0.4 is 0 Å². The zero-order valence-corrected chi connectivity index (χ0v) is 10.2. The predicted octanol–water partition coefficient (Wildman–Crippen LogP) is 2.86. The Balaban J connectivity index is 3.19. The molecule has 0 amide bonds. The fourth-order valence-corrected chi connectivity index (χ4v) is 1.97. The predicted molar refractivity (Wildman–Crippen MR) is 65.0 cm³/mol. The SMILES string of the molecule is CCN(CC)CCSCC=CCCl. The molecule has 0 fully saturated rings. The maximum atomic E-state index is 5.51. The van der Waals surface area contributed by atoms with Gasteiger partial charge in [-0.05, 0) is 13.1 Å². The Hall–Kier alpha value is 0.340. The molecule has 0 spiro atoms. The Morgan fingerprint density at radius 2 is 1.92 bits per heavy atom. The highest BCUT2D eigenvalue weighted by atomic mass is 35.5. The fourth-order valence-electron chi connectivity index (χ4n) is 1.02. The van der Waals surface area contributed by atoms with Gasteiger partial charge < -0.3 is 4.90 Å². The van der Waals surface area contributed by atoms with E-state index in [-0.39, 0.29) is 0 Å². The lowest BCUT2D eigenvalue weighted by Crippen LogP contribution is -2.25. The number of rotatable bonds is 8. The van der Waals surface area contributed by atoms with Crippen LogP contribution in [-0.2, 0) is 0 Å². The number of hydrogen-bond acceptors (Lipinski definition) is 2. The molecule has 0 unspecified atom stereocenters. The highest BCUT2D eigenvalue weighted by Crippen LogP contribution is 2.01. The third-order valence-corrected chi connectivity index (χ3v) is 2.99. The summed E-state index contributed by atoms with van der Waals surface area (Å²) in [5.41, 5.74) is 0. The molecule has 0 aromatic carbocycles. The third kappa shape index (κ3) is 8.66. The average molecular weight is 222 g/mol. The molecule has 0 N–H and O–H groups in total. The van der Waals surface area contributed by atoms with Crippen molar-refractivity contribution in [2.75, 3.05) is 37.0 Å². The van der Waals surface area contributed by atoms with E-state index in [0.717, 1.165) is 18.8 Å². The van der Waals surface area contributed by atoms with Crippen LogP contribution in [0.25, 0.3) is 0 Å². The van der Waals surface area contributed by atoms with Gasteiger partial charge in [-0.25, -0.2) is 0 Å². The second-order valence-electron chi connectivity index (χ2n) is 2.73. The summed E-state index contributed by atoms with van der Waals surface area (Å²) in [7, 11) is 0. The van der Waals surface area contributed by atoms with Crippen molar-refractivity contribution in [3.63, 3.8) is 0 Å². The van der Waals surface area contributed by atoms with Gasteiger partial charge in [-0.3, -0.25) is 0 Å². The van der Waals surface area contributed by atoms with Gasteiger partial charge in [0.25, 0.3) is 0 Å². The van der Waals surface area contributed by atoms with Crippen LogP contribution in [0.15, 0.2) is 12.2 Å². The molecular weight excluding hydrogens is 202 g/mol. The molecule has 0 saturated carbocycles. The Labute approximate surface area is 91.5 Å². The number of allylic oxidation sites excluding steroid dienone is 1. The summed E-state index contributed by atoms with van der Waals surface area (Å²) in [6.45, 7) is 7.94. The third-order valence-electron chi connectivity index (χ3n) is 1.92. The molecule has 0 radical (unpaired) electrons. The lowest BCUT2D eigenvalue weighted by molar-refractivity contribution is 0.324. The summed E-state index contributed by atoms with van der Waals surface area (Å²) in [5.74, 6) is 2.94. The highest BCUT2D eigenvalue weighted by molar-refractivity contribution is 7.99. The quantitative estimate of drug-likeness (QED) is 0.352. The molecular formula is C10H20ClNS. The molecule has 0 heterocycles. The Morgan fingerprint density at radius 3 is 2.46 bits per heavy atom. The van der Waals surface area contributed by atoms with E-state index in [2.05, 4.69) is 24.8 Å². The van der Waals surface area contributed by atoms with Crippen molar-refractivity contribution >= 4 is 23.4 Å². The highest BCUT2D eigenvalue weighted by Gasteiger charge is 1.96. The van der Waals surface area contributed by atoms with Gasteiger partial charge in [0.2, 0.25) is 0 Å². The number of nitrogens with zero attached hydrogens (tertiary/aromatic N) is 1. The summed E-state index contributed by atoms with van der Waals surface area (Å²) >= 11 is 7.47. The van der Waals surface area contributed by atoms with Gasteiger partial charge in [-0.15, -0.1) is 11.6 Å². The van der Waals surface area contributed by atoms with Gasteiger partial charge in [0.05, 0.1) is 0 Å². The average Bonchev–Trinajstić information content (AvgIpc) is 2.17. The van der Waals surface area contributed by atoms with Crippen LogP contribution >= 0.6 is 23.4 Å². The first kappa shape index (κ1) is 13.3. The van der Waals surface area contributed by atoms with Crippen LogP contribution in [0.5, 0.6) is 0 Å². The van der Waals surface area contributed by atoms with Crippen molar-refractivity contribution in [2.45, 2.75) is 13.8 Å². The van der Waals surface area contributed by atoms with Crippen molar-refractivity contribution in [1.82, 2.24) is 4.90 Å². The molecule has 0 bridgehead atoms. The molecule has 0 aromatic rings. The van der Waals surface area contributed by atoms with Crippen LogP contribution in [0.2, 0.25) is 0 Å². The zero-order valence-electron chi connectivity index (χ0n) is 8.63. The lowest BCUT2D eigenvalue weighted by Gasteiger charge is -2.16. The summed E-state index contributed by atoms with van der Waals surface area (Å²) in [6.07, 6.45) is 4.14. The molecule has 0 saturated heterocycles. The molecule has 0 aliphatic heterocycles. The molecule has 1 nitrogen and oxygen atoms in total. The van der Waals surface area contributed by atoms with E-state index >= 15 is 0 Å². The molecule has 0 atom stereocenters.